The summed E-state index contributed by atoms with van der Waals surface area (Å²) in [6.07, 6.45) is -0.315. The molecule has 0 saturated carbocycles. The SMILES string of the molecule is C=C(C)C(=O)O.C=C(C)C(=O)OCCN(C)C.CC(O)N(C)C. The largest absolute Gasteiger partial charge is 0.478 e. The van der Waals surface area contributed by atoms with Crippen LogP contribution in [-0.4, -0.2) is 79.5 Å². The van der Waals surface area contributed by atoms with Gasteiger partial charge in [-0.2, -0.15) is 0 Å². The van der Waals surface area contributed by atoms with Gasteiger partial charge in [0.25, 0.3) is 0 Å². The highest BCUT2D eigenvalue weighted by molar-refractivity contribution is 5.86. The van der Waals surface area contributed by atoms with Crippen LogP contribution < -0.4 is 0 Å². The quantitative estimate of drug-likeness (QED) is 0.429. The van der Waals surface area contributed by atoms with Gasteiger partial charge in [-0.1, -0.05) is 13.2 Å². The number of esters is 1. The molecule has 0 aliphatic carbocycles. The van der Waals surface area contributed by atoms with Crippen LogP contribution in [0.2, 0.25) is 0 Å². The van der Waals surface area contributed by atoms with Gasteiger partial charge in [-0.05, 0) is 49.0 Å². The molecule has 136 valence electrons. The lowest BCUT2D eigenvalue weighted by molar-refractivity contribution is -0.139. The second-order valence-electron chi connectivity index (χ2n) is 5.40. The summed E-state index contributed by atoms with van der Waals surface area (Å²) in [6, 6.07) is 0. The Morgan fingerprint density at radius 3 is 1.61 bits per heavy atom. The summed E-state index contributed by atoms with van der Waals surface area (Å²) in [5.41, 5.74) is 0.624. The van der Waals surface area contributed by atoms with Crippen molar-refractivity contribution in [2.75, 3.05) is 41.3 Å². The van der Waals surface area contributed by atoms with E-state index >= 15 is 0 Å². The summed E-state index contributed by atoms with van der Waals surface area (Å²) in [4.78, 5) is 24.1. The van der Waals surface area contributed by atoms with Gasteiger partial charge in [-0.15, -0.1) is 0 Å². The van der Waals surface area contributed by atoms with E-state index in [0.717, 1.165) is 6.54 Å². The molecule has 2 N–H and O–H groups in total. The molecule has 0 fully saturated rings. The van der Waals surface area contributed by atoms with Crippen molar-refractivity contribution >= 4 is 11.9 Å². The zero-order valence-electron chi connectivity index (χ0n) is 15.4. The zero-order chi connectivity index (χ0) is 19.2. The van der Waals surface area contributed by atoms with Crippen LogP contribution in [0.1, 0.15) is 20.8 Å². The average Bonchev–Trinajstić information content (AvgIpc) is 2.39. The first kappa shape index (κ1) is 26.2. The number of hydrogen-bond donors (Lipinski definition) is 2. The van der Waals surface area contributed by atoms with E-state index in [1.807, 2.05) is 33.1 Å². The number of likely N-dealkylation sites (N-methyl/N-ethyl adjacent to an activating group) is 1. The number of carbonyl (C=O) groups excluding carboxylic acids is 1. The molecule has 0 aromatic rings. The predicted molar refractivity (Wildman–Crippen MR) is 92.1 cm³/mol. The molecule has 7 nitrogen and oxygen atoms in total. The molecule has 0 saturated heterocycles. The number of aliphatic carboxylic acids is 1. The van der Waals surface area contributed by atoms with E-state index in [2.05, 4.69) is 13.2 Å². The molecule has 0 aromatic carbocycles. The van der Waals surface area contributed by atoms with E-state index in [1.54, 1.807) is 18.7 Å². The molecule has 0 spiro atoms. The molecule has 0 radical (unpaired) electrons. The van der Waals surface area contributed by atoms with Crippen molar-refractivity contribution in [3.05, 3.63) is 24.3 Å². The lowest BCUT2D eigenvalue weighted by atomic mass is 10.4. The zero-order valence-corrected chi connectivity index (χ0v) is 15.4. The van der Waals surface area contributed by atoms with Gasteiger partial charge in [0.1, 0.15) is 12.8 Å². The van der Waals surface area contributed by atoms with E-state index in [4.69, 9.17) is 14.9 Å². The minimum atomic E-state index is -0.935. The van der Waals surface area contributed by atoms with Gasteiger partial charge >= 0.3 is 11.9 Å². The molecule has 1 atom stereocenters. The van der Waals surface area contributed by atoms with Gasteiger partial charge in [-0.25, -0.2) is 9.59 Å². The van der Waals surface area contributed by atoms with E-state index in [0.29, 0.717) is 12.2 Å². The van der Waals surface area contributed by atoms with Crippen LogP contribution >= 0.6 is 0 Å². The van der Waals surface area contributed by atoms with E-state index in [-0.39, 0.29) is 17.8 Å². The maximum atomic E-state index is 10.8. The number of hydrogen-bond acceptors (Lipinski definition) is 6. The molecule has 1 unspecified atom stereocenters. The Morgan fingerprint density at radius 2 is 1.43 bits per heavy atom. The Kier molecular flexibility index (Phi) is 17.3. The Morgan fingerprint density at radius 1 is 1.09 bits per heavy atom. The van der Waals surface area contributed by atoms with Crippen molar-refractivity contribution in [1.29, 1.82) is 0 Å². The fourth-order valence-corrected chi connectivity index (χ4v) is 0.444. The van der Waals surface area contributed by atoms with Crippen LogP contribution in [0.4, 0.5) is 0 Å². The van der Waals surface area contributed by atoms with Crippen molar-refractivity contribution in [3.63, 3.8) is 0 Å². The van der Waals surface area contributed by atoms with Gasteiger partial charge in [-0.3, -0.25) is 4.90 Å². The van der Waals surface area contributed by atoms with Gasteiger partial charge in [0, 0.05) is 17.7 Å². The van der Waals surface area contributed by atoms with Crippen LogP contribution in [0.15, 0.2) is 24.3 Å². The molecule has 7 heteroatoms. The third-order valence-electron chi connectivity index (χ3n) is 2.23. The van der Waals surface area contributed by atoms with Gasteiger partial charge in [0.2, 0.25) is 0 Å². The van der Waals surface area contributed by atoms with Crippen molar-refractivity contribution in [1.82, 2.24) is 9.80 Å². The predicted octanol–water partition coefficient (Wildman–Crippen LogP) is 1.20. The summed E-state index contributed by atoms with van der Waals surface area (Å²) in [6.45, 7) is 12.6. The lowest BCUT2D eigenvalue weighted by Crippen LogP contribution is -2.23. The van der Waals surface area contributed by atoms with E-state index < -0.39 is 5.97 Å². The third-order valence-corrected chi connectivity index (χ3v) is 2.23. The molecule has 0 aliphatic rings. The smallest absolute Gasteiger partial charge is 0.333 e. The molecular weight excluding hydrogens is 300 g/mol. The number of carboxylic acid groups (broad SMARTS) is 1. The standard InChI is InChI=1S/C8H15NO2.C4H11NO.C4H6O2/c1-7(2)8(10)11-6-5-9(3)4;1-4(6)5(2)3;1-3(2)4(5)6/h1,5-6H2,2-4H3;4,6H,1-3H3;1H2,2H3,(H,5,6). The van der Waals surface area contributed by atoms with Crippen LogP contribution in [-0.2, 0) is 14.3 Å². The fourth-order valence-electron chi connectivity index (χ4n) is 0.444. The highest BCUT2D eigenvalue weighted by atomic mass is 16.5. The summed E-state index contributed by atoms with van der Waals surface area (Å²) in [7, 11) is 7.50. The lowest BCUT2D eigenvalue weighted by Gasteiger charge is -2.11. The molecule has 0 bridgehead atoms. The van der Waals surface area contributed by atoms with Crippen molar-refractivity contribution in [2.45, 2.75) is 27.0 Å². The second kappa shape index (κ2) is 15.2. The third kappa shape index (κ3) is 25.6. The van der Waals surface area contributed by atoms with Gasteiger partial charge < -0.3 is 19.8 Å². The number of carboxylic acids is 1. The maximum absolute atomic E-state index is 10.8. The first-order valence-corrected chi connectivity index (χ1v) is 7.03. The first-order valence-electron chi connectivity index (χ1n) is 7.03. The van der Waals surface area contributed by atoms with Crippen LogP contribution in [0, 0.1) is 0 Å². The molecule has 23 heavy (non-hydrogen) atoms. The molecule has 0 aromatic heterocycles. The maximum Gasteiger partial charge on any atom is 0.333 e. The Balaban J connectivity index is -0.000000284. The highest BCUT2D eigenvalue weighted by Crippen LogP contribution is 1.91. The highest BCUT2D eigenvalue weighted by Gasteiger charge is 2.01. The van der Waals surface area contributed by atoms with Gasteiger partial charge in [0.15, 0.2) is 0 Å². The number of aliphatic hydroxyl groups excluding tert-OH is 1. The summed E-state index contributed by atoms with van der Waals surface area (Å²) < 4.78 is 4.83. The van der Waals surface area contributed by atoms with Gasteiger partial charge in [0.05, 0.1) is 0 Å². The number of rotatable bonds is 6. The number of nitrogens with zero attached hydrogens (tertiary/aromatic N) is 2. The summed E-state index contributed by atoms with van der Waals surface area (Å²) >= 11 is 0. The van der Waals surface area contributed by atoms with Crippen molar-refractivity contribution in [3.8, 4) is 0 Å². The van der Waals surface area contributed by atoms with Crippen LogP contribution in [0.3, 0.4) is 0 Å². The average molecular weight is 332 g/mol. The summed E-state index contributed by atoms with van der Waals surface area (Å²) in [5, 5.41) is 16.4. The Hall–Kier alpha value is -1.70. The van der Waals surface area contributed by atoms with Crippen molar-refractivity contribution < 1.29 is 24.5 Å². The first-order chi connectivity index (χ1) is 10.3. The monoisotopic (exact) mass is 332 g/mol. The molecule has 0 heterocycles. The van der Waals surface area contributed by atoms with Crippen LogP contribution in [0.25, 0.3) is 0 Å². The number of ether oxygens (including phenoxy) is 1. The minimum absolute atomic E-state index is 0.176. The summed E-state index contributed by atoms with van der Waals surface area (Å²) in [5.74, 6) is -1.25. The normalized spacial score (nSPS) is 10.7. The topological polar surface area (TPSA) is 90.3 Å². The number of carbonyl (C=O) groups is 2. The Bertz CT molecular complexity index is 359. The molecule has 0 amide bonds. The van der Waals surface area contributed by atoms with Crippen molar-refractivity contribution in [2.24, 2.45) is 0 Å². The second-order valence-corrected chi connectivity index (χ2v) is 5.40. The minimum Gasteiger partial charge on any atom is -0.478 e. The number of aliphatic hydroxyl groups is 1. The Labute approximate surface area is 139 Å². The van der Waals surface area contributed by atoms with E-state index in [9.17, 15) is 9.59 Å². The van der Waals surface area contributed by atoms with E-state index in [1.165, 1.54) is 6.92 Å². The fraction of sp³-hybridized carbons (Fsp3) is 0.625. The molecular formula is C16H32N2O5. The molecule has 0 rings (SSSR count). The van der Waals surface area contributed by atoms with Crippen LogP contribution in [0.5, 0.6) is 0 Å². The molecule has 0 aliphatic heterocycles.